The minimum absolute atomic E-state index is 0.00617. The van der Waals surface area contributed by atoms with Crippen molar-refractivity contribution in [2.45, 2.75) is 32.7 Å². The van der Waals surface area contributed by atoms with Crippen molar-refractivity contribution < 1.29 is 9.21 Å². The molecule has 0 unspecified atom stereocenters. The van der Waals surface area contributed by atoms with Gasteiger partial charge in [-0.3, -0.25) is 14.6 Å². The van der Waals surface area contributed by atoms with Gasteiger partial charge in [-0.1, -0.05) is 6.92 Å². The summed E-state index contributed by atoms with van der Waals surface area (Å²) in [5.41, 5.74) is 3.62. The Bertz CT molecular complexity index is 1360. The van der Waals surface area contributed by atoms with Gasteiger partial charge in [-0.05, 0) is 49.6 Å². The van der Waals surface area contributed by atoms with Crippen molar-refractivity contribution in [3.05, 3.63) is 65.3 Å². The van der Waals surface area contributed by atoms with Crippen LogP contribution in [0.2, 0.25) is 0 Å². The van der Waals surface area contributed by atoms with E-state index >= 15 is 0 Å². The van der Waals surface area contributed by atoms with Gasteiger partial charge >= 0.3 is 0 Å². The molecule has 0 atom stereocenters. The van der Waals surface area contributed by atoms with E-state index in [4.69, 9.17) is 4.42 Å². The third-order valence-electron chi connectivity index (χ3n) is 6.10. The average molecular weight is 459 g/mol. The number of nitrogens with one attached hydrogen (secondary N) is 1. The lowest BCUT2D eigenvalue weighted by Gasteiger charge is -2.32. The molecule has 1 saturated heterocycles. The van der Waals surface area contributed by atoms with E-state index in [-0.39, 0.29) is 17.4 Å². The van der Waals surface area contributed by atoms with Crippen LogP contribution in [-0.4, -0.2) is 38.7 Å². The lowest BCUT2D eigenvalue weighted by molar-refractivity contribution is -0.120. The van der Waals surface area contributed by atoms with E-state index < -0.39 is 0 Å². The van der Waals surface area contributed by atoms with E-state index in [0.717, 1.165) is 17.7 Å². The number of benzene rings is 1. The highest BCUT2D eigenvalue weighted by Crippen LogP contribution is 2.27. The Morgan fingerprint density at radius 3 is 2.68 bits per heavy atom. The van der Waals surface area contributed by atoms with Gasteiger partial charge in [0.1, 0.15) is 5.52 Å². The zero-order valence-electron chi connectivity index (χ0n) is 19.0. The molecule has 0 spiro atoms. The maximum absolute atomic E-state index is 12.9. The third-order valence-corrected chi connectivity index (χ3v) is 6.10. The van der Waals surface area contributed by atoms with Crippen LogP contribution in [0.3, 0.4) is 0 Å². The number of hydrogen-bond donors (Lipinski definition) is 1. The number of anilines is 2. The first-order valence-electron chi connectivity index (χ1n) is 11.5. The number of aryl methyl sites for hydroxylation is 1. The van der Waals surface area contributed by atoms with Crippen molar-refractivity contribution in [1.82, 2.24) is 19.7 Å². The average Bonchev–Trinajstić information content (AvgIpc) is 3.29. The minimum Gasteiger partial charge on any atom is -0.436 e. The quantitative estimate of drug-likeness (QED) is 0.469. The van der Waals surface area contributed by atoms with Crippen LogP contribution in [-0.2, 0) is 11.3 Å². The van der Waals surface area contributed by atoms with Crippen molar-refractivity contribution >= 4 is 28.4 Å². The largest absolute Gasteiger partial charge is 0.436 e. The maximum atomic E-state index is 12.9. The summed E-state index contributed by atoms with van der Waals surface area (Å²) >= 11 is 0. The molecule has 1 aliphatic rings. The van der Waals surface area contributed by atoms with E-state index in [1.165, 1.54) is 4.68 Å². The van der Waals surface area contributed by atoms with Gasteiger partial charge in [0.15, 0.2) is 5.58 Å². The van der Waals surface area contributed by atoms with E-state index in [9.17, 15) is 9.59 Å². The molecule has 9 heteroatoms. The summed E-state index contributed by atoms with van der Waals surface area (Å²) in [4.78, 5) is 35.8. The van der Waals surface area contributed by atoms with Crippen molar-refractivity contribution in [1.29, 1.82) is 0 Å². The fraction of sp³-hybridized carbons (Fsp3) is 0.320. The maximum Gasteiger partial charge on any atom is 0.268 e. The number of aromatic nitrogens is 4. The van der Waals surface area contributed by atoms with Crippen molar-refractivity contribution in [3.8, 4) is 11.5 Å². The van der Waals surface area contributed by atoms with Crippen LogP contribution in [0.1, 0.15) is 26.2 Å². The van der Waals surface area contributed by atoms with Gasteiger partial charge in [0.25, 0.3) is 5.56 Å². The van der Waals surface area contributed by atoms with Crippen LogP contribution in [0, 0.1) is 5.92 Å². The Labute approximate surface area is 196 Å². The first kappa shape index (κ1) is 21.8. The smallest absolute Gasteiger partial charge is 0.268 e. The number of carbonyl (C=O) groups is 1. The Morgan fingerprint density at radius 1 is 1.15 bits per heavy atom. The zero-order chi connectivity index (χ0) is 23.5. The van der Waals surface area contributed by atoms with Crippen LogP contribution in [0.4, 0.5) is 11.4 Å². The van der Waals surface area contributed by atoms with E-state index in [2.05, 4.69) is 25.3 Å². The Morgan fingerprint density at radius 2 is 1.94 bits per heavy atom. The molecule has 4 heterocycles. The lowest BCUT2D eigenvalue weighted by atomic mass is 9.95. The molecule has 3 aromatic heterocycles. The fourth-order valence-electron chi connectivity index (χ4n) is 4.24. The molecule has 1 aliphatic heterocycles. The van der Waals surface area contributed by atoms with Gasteiger partial charge in [-0.2, -0.15) is 5.10 Å². The van der Waals surface area contributed by atoms with Crippen LogP contribution in [0.5, 0.6) is 0 Å². The zero-order valence-corrected chi connectivity index (χ0v) is 19.0. The van der Waals surface area contributed by atoms with Crippen LogP contribution in [0.15, 0.2) is 64.2 Å². The highest BCUT2D eigenvalue weighted by Gasteiger charge is 2.26. The number of oxazole rings is 1. The van der Waals surface area contributed by atoms with Crippen LogP contribution < -0.4 is 15.8 Å². The summed E-state index contributed by atoms with van der Waals surface area (Å²) in [5, 5.41) is 7.29. The second-order valence-electron chi connectivity index (χ2n) is 8.46. The Kier molecular flexibility index (Phi) is 6.07. The minimum atomic E-state index is -0.0925. The first-order chi connectivity index (χ1) is 16.6. The molecule has 0 saturated carbocycles. The molecule has 5 rings (SSSR count). The highest BCUT2D eigenvalue weighted by atomic mass is 16.3. The van der Waals surface area contributed by atoms with Crippen molar-refractivity contribution in [2.75, 3.05) is 23.3 Å². The van der Waals surface area contributed by atoms with Gasteiger partial charge in [0, 0.05) is 55.3 Å². The standard InChI is InChI=1S/C25H26N6O3/c1-2-11-31-23(32)15-20(16-27-31)30-12-7-17(8-13-30)24(33)28-19-3-4-22-21(14-19)29-25(34-22)18-5-9-26-10-6-18/h3-6,9-10,14-17H,2,7-8,11-13H2,1H3,(H,28,33). The number of nitrogens with zero attached hydrogens (tertiary/aromatic N) is 5. The molecule has 34 heavy (non-hydrogen) atoms. The third kappa shape index (κ3) is 4.54. The number of amides is 1. The fourth-order valence-corrected chi connectivity index (χ4v) is 4.24. The lowest BCUT2D eigenvalue weighted by Crippen LogP contribution is -2.39. The normalized spacial score (nSPS) is 14.4. The Hall–Kier alpha value is -4.01. The van der Waals surface area contributed by atoms with Gasteiger partial charge in [0.05, 0.1) is 11.9 Å². The monoisotopic (exact) mass is 458 g/mol. The van der Waals surface area contributed by atoms with Gasteiger partial charge in [-0.15, -0.1) is 0 Å². The van der Waals surface area contributed by atoms with Crippen LogP contribution in [0.25, 0.3) is 22.6 Å². The Balaban J connectivity index is 1.21. The van der Waals surface area contributed by atoms with Gasteiger partial charge in [-0.25, -0.2) is 9.67 Å². The van der Waals surface area contributed by atoms with E-state index in [1.807, 2.05) is 37.3 Å². The molecule has 1 fully saturated rings. The first-order valence-corrected chi connectivity index (χ1v) is 11.5. The van der Waals surface area contributed by atoms with Crippen molar-refractivity contribution in [3.63, 3.8) is 0 Å². The number of pyridine rings is 1. The molecule has 1 amide bonds. The topological polar surface area (TPSA) is 106 Å². The van der Waals surface area contributed by atoms with Crippen LogP contribution >= 0.6 is 0 Å². The molecule has 0 aliphatic carbocycles. The summed E-state index contributed by atoms with van der Waals surface area (Å²) in [6, 6.07) is 10.8. The molecular weight excluding hydrogens is 432 g/mol. The molecular formula is C25H26N6O3. The number of piperidine rings is 1. The molecule has 0 bridgehead atoms. The highest BCUT2D eigenvalue weighted by molar-refractivity contribution is 5.94. The van der Waals surface area contributed by atoms with E-state index in [1.54, 1.807) is 24.7 Å². The summed E-state index contributed by atoms with van der Waals surface area (Å²) in [7, 11) is 0. The van der Waals surface area contributed by atoms with E-state index in [0.29, 0.717) is 55.2 Å². The summed E-state index contributed by atoms with van der Waals surface area (Å²) < 4.78 is 7.31. The SMILES string of the molecule is CCCn1ncc(N2CCC(C(=O)Nc3ccc4oc(-c5ccncc5)nc4c3)CC2)cc1=O. The molecule has 1 aromatic carbocycles. The second-order valence-corrected chi connectivity index (χ2v) is 8.46. The molecule has 9 nitrogen and oxygen atoms in total. The summed E-state index contributed by atoms with van der Waals surface area (Å²) in [6.45, 7) is 4.04. The second kappa shape index (κ2) is 9.46. The van der Waals surface area contributed by atoms with Gasteiger partial charge in [0.2, 0.25) is 11.8 Å². The number of carbonyl (C=O) groups excluding carboxylic acids is 1. The molecule has 1 N–H and O–H groups in total. The summed E-state index contributed by atoms with van der Waals surface area (Å²) in [6.07, 6.45) is 7.41. The molecule has 174 valence electrons. The molecule has 4 aromatic rings. The summed E-state index contributed by atoms with van der Waals surface area (Å²) in [5.74, 6) is 0.420. The predicted octanol–water partition coefficient (Wildman–Crippen LogP) is 3.71. The predicted molar refractivity (Wildman–Crippen MR) is 130 cm³/mol. The van der Waals surface area contributed by atoms with Crippen molar-refractivity contribution in [2.24, 2.45) is 5.92 Å². The number of fused-ring (bicyclic) bond motifs is 1. The van der Waals surface area contributed by atoms with Gasteiger partial charge < -0.3 is 14.6 Å². The molecule has 0 radical (unpaired) electrons. The number of rotatable bonds is 6. The number of hydrogen-bond acceptors (Lipinski definition) is 7.